The first-order valence-corrected chi connectivity index (χ1v) is 8.20. The summed E-state index contributed by atoms with van der Waals surface area (Å²) in [7, 11) is -0.445. The van der Waals surface area contributed by atoms with Crippen molar-refractivity contribution in [3.05, 3.63) is 29.8 Å². The van der Waals surface area contributed by atoms with Crippen LogP contribution in [0.15, 0.2) is 24.3 Å². The number of benzene rings is 1. The fourth-order valence-corrected chi connectivity index (χ4v) is 3.30. The Balaban J connectivity index is 1.80. The van der Waals surface area contributed by atoms with E-state index in [9.17, 15) is 9.90 Å². The van der Waals surface area contributed by atoms with Crippen LogP contribution in [-0.4, -0.2) is 40.7 Å². The summed E-state index contributed by atoms with van der Waals surface area (Å²) in [6.45, 7) is 8.01. The molecule has 2 aliphatic rings. The zero-order valence-corrected chi connectivity index (χ0v) is 14.5. The van der Waals surface area contributed by atoms with Crippen molar-refractivity contribution in [1.82, 2.24) is 5.32 Å². The first-order valence-electron chi connectivity index (χ1n) is 8.20. The van der Waals surface area contributed by atoms with Gasteiger partial charge < -0.3 is 24.8 Å². The molecule has 1 aromatic rings. The van der Waals surface area contributed by atoms with E-state index in [-0.39, 0.29) is 0 Å². The Labute approximate surface area is 142 Å². The van der Waals surface area contributed by atoms with Crippen molar-refractivity contribution in [3.8, 4) is 0 Å². The summed E-state index contributed by atoms with van der Waals surface area (Å²) in [6, 6.07) is 7.55. The SMILES string of the molecule is CC1(C)OB(c2ccc([C@]3(NC(=O)O)C[C@H](O)C3)cc2)OC1(C)C. The summed E-state index contributed by atoms with van der Waals surface area (Å²) in [5.41, 5.74) is 0.221. The van der Waals surface area contributed by atoms with E-state index in [1.54, 1.807) is 0 Å². The van der Waals surface area contributed by atoms with Gasteiger partial charge in [0.05, 0.1) is 22.8 Å². The van der Waals surface area contributed by atoms with Crippen LogP contribution < -0.4 is 10.8 Å². The summed E-state index contributed by atoms with van der Waals surface area (Å²) in [4.78, 5) is 11.1. The molecule has 1 aliphatic heterocycles. The van der Waals surface area contributed by atoms with Crippen molar-refractivity contribution < 1.29 is 24.3 Å². The Morgan fingerprint density at radius 3 is 2.04 bits per heavy atom. The van der Waals surface area contributed by atoms with Crippen LogP contribution in [0, 0.1) is 0 Å². The van der Waals surface area contributed by atoms with Crippen LogP contribution >= 0.6 is 0 Å². The molecule has 1 aliphatic carbocycles. The molecule has 1 aromatic carbocycles. The van der Waals surface area contributed by atoms with Crippen LogP contribution in [0.1, 0.15) is 46.1 Å². The molecule has 24 heavy (non-hydrogen) atoms. The lowest BCUT2D eigenvalue weighted by Crippen LogP contribution is -2.56. The van der Waals surface area contributed by atoms with Crippen molar-refractivity contribution in [1.29, 1.82) is 0 Å². The van der Waals surface area contributed by atoms with Gasteiger partial charge in [-0.3, -0.25) is 0 Å². The molecule has 0 spiro atoms. The third kappa shape index (κ3) is 2.81. The topological polar surface area (TPSA) is 88.0 Å². The number of aliphatic hydroxyl groups is 1. The molecule has 130 valence electrons. The van der Waals surface area contributed by atoms with E-state index < -0.39 is 36.1 Å². The minimum atomic E-state index is -1.09. The maximum absolute atomic E-state index is 11.1. The summed E-state index contributed by atoms with van der Waals surface area (Å²) in [6.07, 6.45) is -0.791. The first-order chi connectivity index (χ1) is 11.0. The Bertz CT molecular complexity index is 621. The average molecular weight is 333 g/mol. The summed E-state index contributed by atoms with van der Waals surface area (Å²) in [5.74, 6) is 0. The first kappa shape index (κ1) is 17.3. The van der Waals surface area contributed by atoms with Gasteiger partial charge in [0.1, 0.15) is 0 Å². The van der Waals surface area contributed by atoms with E-state index in [4.69, 9.17) is 14.4 Å². The van der Waals surface area contributed by atoms with Crippen molar-refractivity contribution in [2.45, 2.75) is 63.4 Å². The summed E-state index contributed by atoms with van der Waals surface area (Å²) < 4.78 is 12.1. The van der Waals surface area contributed by atoms with Crippen LogP contribution in [0.3, 0.4) is 0 Å². The standard InChI is InChI=1S/C17H24BNO5/c1-15(2)16(3,4)24-18(23-15)12-7-5-11(6-8-12)17(19-14(21)22)9-13(20)10-17/h5-8,13,19-20H,9-10H2,1-4H3,(H,21,22)/t13-,17-. The second kappa shape index (κ2) is 5.47. The van der Waals surface area contributed by atoms with Gasteiger partial charge in [-0.2, -0.15) is 0 Å². The van der Waals surface area contributed by atoms with Crippen molar-refractivity contribution in [3.63, 3.8) is 0 Å². The number of amides is 1. The monoisotopic (exact) mass is 333 g/mol. The molecular weight excluding hydrogens is 309 g/mol. The van der Waals surface area contributed by atoms with E-state index >= 15 is 0 Å². The fourth-order valence-electron chi connectivity index (χ4n) is 3.30. The van der Waals surface area contributed by atoms with Crippen molar-refractivity contribution in [2.75, 3.05) is 0 Å². The predicted molar refractivity (Wildman–Crippen MR) is 90.2 cm³/mol. The maximum atomic E-state index is 11.1. The second-order valence-electron chi connectivity index (χ2n) is 7.78. The number of hydrogen-bond donors (Lipinski definition) is 3. The Morgan fingerprint density at radius 1 is 1.12 bits per heavy atom. The van der Waals surface area contributed by atoms with Crippen molar-refractivity contribution in [2.24, 2.45) is 0 Å². The molecule has 1 saturated carbocycles. The van der Waals surface area contributed by atoms with Gasteiger partial charge in [0.2, 0.25) is 0 Å². The van der Waals surface area contributed by atoms with E-state index in [2.05, 4.69) is 5.32 Å². The van der Waals surface area contributed by atoms with E-state index in [1.807, 2.05) is 52.0 Å². The van der Waals surface area contributed by atoms with Crippen LogP contribution in [-0.2, 0) is 14.8 Å². The normalized spacial score (nSPS) is 30.7. The highest BCUT2D eigenvalue weighted by atomic mass is 16.7. The molecule has 1 saturated heterocycles. The minimum Gasteiger partial charge on any atom is -0.465 e. The van der Waals surface area contributed by atoms with Gasteiger partial charge >= 0.3 is 13.2 Å². The second-order valence-corrected chi connectivity index (χ2v) is 7.78. The Kier molecular flexibility index (Phi) is 3.94. The van der Waals surface area contributed by atoms with Gasteiger partial charge in [0.15, 0.2) is 0 Å². The molecule has 7 heteroatoms. The third-order valence-electron chi connectivity index (χ3n) is 5.50. The fraction of sp³-hybridized carbons (Fsp3) is 0.588. The molecule has 0 aromatic heterocycles. The molecule has 0 atom stereocenters. The van der Waals surface area contributed by atoms with Crippen molar-refractivity contribution >= 4 is 18.7 Å². The van der Waals surface area contributed by atoms with Crippen LogP contribution in [0.25, 0.3) is 0 Å². The lowest BCUT2D eigenvalue weighted by atomic mass is 9.68. The summed E-state index contributed by atoms with van der Waals surface area (Å²) in [5, 5.41) is 21.2. The van der Waals surface area contributed by atoms with Gasteiger partial charge in [0, 0.05) is 12.8 Å². The molecular formula is C17H24BNO5. The predicted octanol–water partition coefficient (Wildman–Crippen LogP) is 1.60. The zero-order chi connectivity index (χ0) is 17.8. The van der Waals surface area contributed by atoms with Crippen LogP contribution in [0.4, 0.5) is 4.79 Å². The number of carbonyl (C=O) groups is 1. The van der Waals surface area contributed by atoms with E-state index in [0.717, 1.165) is 11.0 Å². The molecule has 3 rings (SSSR count). The number of carboxylic acid groups (broad SMARTS) is 1. The highest BCUT2D eigenvalue weighted by Gasteiger charge is 2.52. The van der Waals surface area contributed by atoms with Crippen LogP contribution in [0.5, 0.6) is 0 Å². The molecule has 2 fully saturated rings. The molecule has 0 bridgehead atoms. The minimum absolute atomic E-state index is 0.384. The zero-order valence-electron chi connectivity index (χ0n) is 14.5. The molecule has 1 amide bonds. The lowest BCUT2D eigenvalue weighted by Gasteiger charge is -2.45. The van der Waals surface area contributed by atoms with Gasteiger partial charge in [0.25, 0.3) is 0 Å². The Morgan fingerprint density at radius 2 is 1.62 bits per heavy atom. The number of hydrogen-bond acceptors (Lipinski definition) is 4. The quantitative estimate of drug-likeness (QED) is 0.732. The summed E-state index contributed by atoms with van der Waals surface area (Å²) >= 11 is 0. The molecule has 1 heterocycles. The average Bonchev–Trinajstić information content (AvgIpc) is 2.65. The number of nitrogens with one attached hydrogen (secondary N) is 1. The third-order valence-corrected chi connectivity index (χ3v) is 5.50. The highest BCUT2D eigenvalue weighted by Crippen LogP contribution is 2.41. The van der Waals surface area contributed by atoms with E-state index in [0.29, 0.717) is 12.8 Å². The van der Waals surface area contributed by atoms with Gasteiger partial charge in [-0.25, -0.2) is 4.79 Å². The smallest absolute Gasteiger partial charge is 0.465 e. The van der Waals surface area contributed by atoms with Gasteiger partial charge in [-0.15, -0.1) is 0 Å². The molecule has 0 unspecified atom stereocenters. The highest BCUT2D eigenvalue weighted by molar-refractivity contribution is 6.62. The molecule has 6 nitrogen and oxygen atoms in total. The lowest BCUT2D eigenvalue weighted by molar-refractivity contribution is 0.00172. The maximum Gasteiger partial charge on any atom is 0.494 e. The van der Waals surface area contributed by atoms with Gasteiger partial charge in [-0.05, 0) is 38.7 Å². The van der Waals surface area contributed by atoms with E-state index in [1.165, 1.54) is 0 Å². The van der Waals surface area contributed by atoms with Gasteiger partial charge in [-0.1, -0.05) is 24.3 Å². The number of rotatable bonds is 3. The molecule has 0 radical (unpaired) electrons. The largest absolute Gasteiger partial charge is 0.494 e. The van der Waals surface area contributed by atoms with Crippen LogP contribution in [0.2, 0.25) is 0 Å². The molecule has 3 N–H and O–H groups in total. The Hall–Kier alpha value is -1.57. The number of aliphatic hydroxyl groups excluding tert-OH is 1.